The molecule has 1 aliphatic rings. The van der Waals surface area contributed by atoms with Crippen molar-refractivity contribution in [2.24, 2.45) is 10.9 Å². The van der Waals surface area contributed by atoms with Crippen LogP contribution in [0.2, 0.25) is 0 Å². The third kappa shape index (κ3) is 6.84. The first-order valence-electron chi connectivity index (χ1n) is 10.3. The van der Waals surface area contributed by atoms with Crippen LogP contribution in [0, 0.1) is 5.92 Å². The van der Waals surface area contributed by atoms with E-state index in [1.807, 2.05) is 25.4 Å². The van der Waals surface area contributed by atoms with Gasteiger partial charge in [-0.2, -0.15) is 0 Å². The molecule has 1 saturated heterocycles. The standard InChI is InChI=1S/C23H32N4O2.HI/c1-18-17-27(12-11-21(18)20-7-5-4-6-8-20)23(24-2)26-16-19-9-10-22(25-15-19)29-14-13-28-3;/h4-10,15,18,21H,11-14,16-17H2,1-3H3,(H,24,26);1H. The van der Waals surface area contributed by atoms with Crippen molar-refractivity contribution >= 4 is 29.9 Å². The molecule has 1 aromatic heterocycles. The summed E-state index contributed by atoms with van der Waals surface area (Å²) in [6.45, 7) is 6.10. The number of piperidine rings is 1. The van der Waals surface area contributed by atoms with E-state index in [1.54, 1.807) is 7.11 Å². The van der Waals surface area contributed by atoms with E-state index in [1.165, 1.54) is 5.56 Å². The molecule has 2 atom stereocenters. The summed E-state index contributed by atoms with van der Waals surface area (Å²) in [5, 5.41) is 3.48. The molecule has 2 heterocycles. The highest BCUT2D eigenvalue weighted by Crippen LogP contribution is 2.32. The lowest BCUT2D eigenvalue weighted by Gasteiger charge is -2.39. The van der Waals surface area contributed by atoms with Gasteiger partial charge in [-0.1, -0.05) is 43.3 Å². The average Bonchev–Trinajstić information content (AvgIpc) is 2.76. The van der Waals surface area contributed by atoms with Gasteiger partial charge in [0.1, 0.15) is 6.61 Å². The van der Waals surface area contributed by atoms with E-state index in [2.05, 4.69) is 57.4 Å². The predicted molar refractivity (Wildman–Crippen MR) is 132 cm³/mol. The molecule has 1 fully saturated rings. The molecule has 0 bridgehead atoms. The van der Waals surface area contributed by atoms with Crippen LogP contribution in [-0.2, 0) is 11.3 Å². The molecule has 2 aromatic rings. The quantitative estimate of drug-likeness (QED) is 0.258. The molecule has 30 heavy (non-hydrogen) atoms. The number of ether oxygens (including phenoxy) is 2. The first-order valence-corrected chi connectivity index (χ1v) is 10.3. The van der Waals surface area contributed by atoms with Crippen LogP contribution in [0.1, 0.15) is 30.4 Å². The zero-order valence-electron chi connectivity index (χ0n) is 18.1. The number of aliphatic imine (C=N–C) groups is 1. The van der Waals surface area contributed by atoms with Gasteiger partial charge in [0.25, 0.3) is 0 Å². The van der Waals surface area contributed by atoms with Crippen LogP contribution < -0.4 is 10.1 Å². The Kier molecular flexibility index (Phi) is 10.4. The molecule has 0 spiro atoms. The van der Waals surface area contributed by atoms with E-state index < -0.39 is 0 Å². The summed E-state index contributed by atoms with van der Waals surface area (Å²) in [5.74, 6) is 2.76. The number of rotatable bonds is 7. The van der Waals surface area contributed by atoms with Gasteiger partial charge in [0, 0.05) is 46.1 Å². The number of halogens is 1. The topological polar surface area (TPSA) is 59.0 Å². The summed E-state index contributed by atoms with van der Waals surface area (Å²) in [5.41, 5.74) is 2.54. The zero-order valence-corrected chi connectivity index (χ0v) is 20.4. The number of nitrogens with one attached hydrogen (secondary N) is 1. The summed E-state index contributed by atoms with van der Waals surface area (Å²) >= 11 is 0. The van der Waals surface area contributed by atoms with Crippen molar-refractivity contribution in [3.8, 4) is 5.88 Å². The monoisotopic (exact) mass is 524 g/mol. The molecule has 164 valence electrons. The van der Waals surface area contributed by atoms with Crippen molar-refractivity contribution in [1.29, 1.82) is 0 Å². The normalized spacial score (nSPS) is 19.2. The smallest absolute Gasteiger partial charge is 0.213 e. The Labute approximate surface area is 197 Å². The van der Waals surface area contributed by atoms with E-state index in [0.29, 0.717) is 37.5 Å². The van der Waals surface area contributed by atoms with Gasteiger partial charge in [-0.3, -0.25) is 4.99 Å². The van der Waals surface area contributed by atoms with Gasteiger partial charge in [-0.15, -0.1) is 24.0 Å². The van der Waals surface area contributed by atoms with Gasteiger partial charge >= 0.3 is 0 Å². The second kappa shape index (κ2) is 12.7. The van der Waals surface area contributed by atoms with Crippen LogP contribution in [0.25, 0.3) is 0 Å². The number of aromatic nitrogens is 1. The van der Waals surface area contributed by atoms with Crippen LogP contribution in [0.15, 0.2) is 53.7 Å². The van der Waals surface area contributed by atoms with Crippen molar-refractivity contribution in [3.63, 3.8) is 0 Å². The van der Waals surface area contributed by atoms with Crippen molar-refractivity contribution in [2.75, 3.05) is 40.5 Å². The number of guanidine groups is 1. The second-order valence-corrected chi connectivity index (χ2v) is 7.48. The lowest BCUT2D eigenvalue weighted by atomic mass is 9.82. The van der Waals surface area contributed by atoms with E-state index in [4.69, 9.17) is 9.47 Å². The number of pyridine rings is 1. The average molecular weight is 524 g/mol. The van der Waals surface area contributed by atoms with E-state index in [9.17, 15) is 0 Å². The second-order valence-electron chi connectivity index (χ2n) is 7.48. The molecule has 7 heteroatoms. The minimum Gasteiger partial charge on any atom is -0.475 e. The highest BCUT2D eigenvalue weighted by atomic mass is 127. The third-order valence-corrected chi connectivity index (χ3v) is 5.43. The highest BCUT2D eigenvalue weighted by molar-refractivity contribution is 14.0. The maximum absolute atomic E-state index is 5.51. The molecule has 0 saturated carbocycles. The molecule has 1 N–H and O–H groups in total. The van der Waals surface area contributed by atoms with Gasteiger partial charge < -0.3 is 19.7 Å². The fraction of sp³-hybridized carbons (Fsp3) is 0.478. The number of benzene rings is 1. The lowest BCUT2D eigenvalue weighted by Crippen LogP contribution is -2.47. The Morgan fingerprint density at radius 1 is 1.20 bits per heavy atom. The minimum absolute atomic E-state index is 0. The highest BCUT2D eigenvalue weighted by Gasteiger charge is 2.28. The maximum Gasteiger partial charge on any atom is 0.213 e. The van der Waals surface area contributed by atoms with E-state index >= 15 is 0 Å². The molecular formula is C23H33IN4O2. The Balaban J connectivity index is 0.00000320. The molecular weight excluding hydrogens is 491 g/mol. The number of nitrogens with zero attached hydrogens (tertiary/aromatic N) is 3. The SMILES string of the molecule is CN=C(NCc1ccc(OCCOC)nc1)N1CCC(c2ccccc2)C(C)C1.I. The van der Waals surface area contributed by atoms with Crippen molar-refractivity contribution in [2.45, 2.75) is 25.8 Å². The number of likely N-dealkylation sites (tertiary alicyclic amines) is 1. The largest absolute Gasteiger partial charge is 0.475 e. The van der Waals surface area contributed by atoms with Gasteiger partial charge in [0.2, 0.25) is 5.88 Å². The first-order chi connectivity index (χ1) is 14.2. The molecule has 0 aliphatic carbocycles. The van der Waals surface area contributed by atoms with Gasteiger partial charge in [-0.05, 0) is 29.4 Å². The molecule has 1 aliphatic heterocycles. The fourth-order valence-electron chi connectivity index (χ4n) is 3.88. The zero-order chi connectivity index (χ0) is 20.5. The molecule has 6 nitrogen and oxygen atoms in total. The van der Waals surface area contributed by atoms with Gasteiger partial charge in [-0.25, -0.2) is 4.98 Å². The predicted octanol–water partition coefficient (Wildman–Crippen LogP) is 3.93. The molecule has 3 rings (SSSR count). The van der Waals surface area contributed by atoms with Crippen LogP contribution in [-0.4, -0.2) is 56.3 Å². The fourth-order valence-corrected chi connectivity index (χ4v) is 3.88. The van der Waals surface area contributed by atoms with Gasteiger partial charge in [0.05, 0.1) is 6.61 Å². The Bertz CT molecular complexity index is 771. The summed E-state index contributed by atoms with van der Waals surface area (Å²) in [6, 6.07) is 14.8. The van der Waals surface area contributed by atoms with E-state index in [-0.39, 0.29) is 24.0 Å². The van der Waals surface area contributed by atoms with Gasteiger partial charge in [0.15, 0.2) is 5.96 Å². The summed E-state index contributed by atoms with van der Waals surface area (Å²) in [6.07, 6.45) is 2.98. The molecule has 2 unspecified atom stereocenters. The van der Waals surface area contributed by atoms with Crippen molar-refractivity contribution in [1.82, 2.24) is 15.2 Å². The number of methoxy groups -OCH3 is 1. The molecule has 1 aromatic carbocycles. The summed E-state index contributed by atoms with van der Waals surface area (Å²) in [7, 11) is 3.50. The first kappa shape index (κ1) is 24.4. The lowest BCUT2D eigenvalue weighted by molar-refractivity contribution is 0.143. The summed E-state index contributed by atoms with van der Waals surface area (Å²) in [4.78, 5) is 11.2. The molecule has 0 radical (unpaired) electrons. The van der Waals surface area contributed by atoms with Crippen molar-refractivity contribution < 1.29 is 9.47 Å². The van der Waals surface area contributed by atoms with Crippen LogP contribution in [0.3, 0.4) is 0 Å². The van der Waals surface area contributed by atoms with Crippen LogP contribution >= 0.6 is 24.0 Å². The molecule has 0 amide bonds. The Hall–Kier alpha value is -1.87. The third-order valence-electron chi connectivity index (χ3n) is 5.43. The summed E-state index contributed by atoms with van der Waals surface area (Å²) < 4.78 is 10.5. The Morgan fingerprint density at radius 3 is 2.63 bits per heavy atom. The van der Waals surface area contributed by atoms with Crippen molar-refractivity contribution in [3.05, 3.63) is 59.8 Å². The van der Waals surface area contributed by atoms with E-state index in [0.717, 1.165) is 31.0 Å². The van der Waals surface area contributed by atoms with Crippen LogP contribution in [0.5, 0.6) is 5.88 Å². The number of hydrogen-bond acceptors (Lipinski definition) is 4. The minimum atomic E-state index is 0. The van der Waals surface area contributed by atoms with Crippen LogP contribution in [0.4, 0.5) is 0 Å². The number of hydrogen-bond donors (Lipinski definition) is 1. The maximum atomic E-state index is 5.51. The Morgan fingerprint density at radius 2 is 2.00 bits per heavy atom.